The van der Waals surface area contributed by atoms with Crippen LogP contribution in [0.1, 0.15) is 34.1 Å². The summed E-state index contributed by atoms with van der Waals surface area (Å²) < 4.78 is 19.3. The maximum Gasteiger partial charge on any atom is 0.125 e. The van der Waals surface area contributed by atoms with Crippen molar-refractivity contribution in [2.75, 3.05) is 11.9 Å². The van der Waals surface area contributed by atoms with Crippen molar-refractivity contribution in [2.45, 2.75) is 50.9 Å². The van der Waals surface area contributed by atoms with Crippen molar-refractivity contribution in [3.8, 4) is 0 Å². The summed E-state index contributed by atoms with van der Waals surface area (Å²) in [6.45, 7) is 7.83. The first-order valence-electron chi connectivity index (χ1n) is 6.55. The number of halogens is 1. The molecule has 2 rings (SSSR count). The van der Waals surface area contributed by atoms with Gasteiger partial charge in [0.1, 0.15) is 5.82 Å². The van der Waals surface area contributed by atoms with E-state index in [1.807, 2.05) is 27.7 Å². The van der Waals surface area contributed by atoms with Crippen LogP contribution in [0, 0.1) is 5.82 Å². The number of anilines is 1. The maximum absolute atomic E-state index is 13.3. The van der Waals surface area contributed by atoms with Crippen LogP contribution >= 0.6 is 0 Å². The monoisotopic (exact) mass is 267 g/mol. The van der Waals surface area contributed by atoms with E-state index in [9.17, 15) is 9.50 Å². The first-order valence-corrected chi connectivity index (χ1v) is 6.55. The van der Waals surface area contributed by atoms with Crippen LogP contribution in [0.4, 0.5) is 10.1 Å². The summed E-state index contributed by atoms with van der Waals surface area (Å²) in [7, 11) is 0. The van der Waals surface area contributed by atoms with Crippen molar-refractivity contribution in [2.24, 2.45) is 0 Å². The van der Waals surface area contributed by atoms with E-state index in [1.165, 1.54) is 12.1 Å². The summed E-state index contributed by atoms with van der Waals surface area (Å²) in [5.74, 6) is -0.297. The van der Waals surface area contributed by atoms with Crippen molar-refractivity contribution in [1.82, 2.24) is 0 Å². The first kappa shape index (κ1) is 14.3. The van der Waals surface area contributed by atoms with Crippen molar-refractivity contribution >= 4 is 5.69 Å². The van der Waals surface area contributed by atoms with Crippen LogP contribution in [0.3, 0.4) is 0 Å². The number of rotatable bonds is 3. The molecule has 1 fully saturated rings. The van der Waals surface area contributed by atoms with E-state index in [2.05, 4.69) is 5.32 Å². The van der Waals surface area contributed by atoms with E-state index in [4.69, 9.17) is 4.74 Å². The lowest BCUT2D eigenvalue weighted by atomic mass is 9.79. The molecule has 0 spiro atoms. The molecule has 1 aromatic carbocycles. The van der Waals surface area contributed by atoms with Crippen LogP contribution in [0.2, 0.25) is 0 Å². The summed E-state index contributed by atoms with van der Waals surface area (Å²) >= 11 is 0. The molecule has 1 aliphatic heterocycles. The Morgan fingerprint density at radius 2 is 2.00 bits per heavy atom. The van der Waals surface area contributed by atoms with Gasteiger partial charge in [0.2, 0.25) is 0 Å². The number of aliphatic hydroxyl groups is 1. The number of ether oxygens (including phenoxy) is 1. The van der Waals surface area contributed by atoms with Crippen molar-refractivity contribution < 1.29 is 14.2 Å². The zero-order valence-corrected chi connectivity index (χ0v) is 12.0. The van der Waals surface area contributed by atoms with Crippen LogP contribution in [0.5, 0.6) is 0 Å². The Morgan fingerprint density at radius 1 is 1.32 bits per heavy atom. The first-order chi connectivity index (χ1) is 8.70. The highest BCUT2D eigenvalue weighted by Crippen LogP contribution is 2.46. The molecule has 1 aliphatic rings. The topological polar surface area (TPSA) is 41.5 Å². The fourth-order valence-electron chi connectivity index (χ4n) is 3.09. The number of nitrogens with one attached hydrogen (secondary N) is 1. The van der Waals surface area contributed by atoms with Gasteiger partial charge in [-0.1, -0.05) is 6.07 Å². The molecule has 0 amide bonds. The van der Waals surface area contributed by atoms with Crippen LogP contribution in [0.25, 0.3) is 0 Å². The molecular formula is C15H22FNO2. The fourth-order valence-corrected chi connectivity index (χ4v) is 3.09. The Bertz CT molecular complexity index is 473. The van der Waals surface area contributed by atoms with E-state index in [-0.39, 0.29) is 18.0 Å². The van der Waals surface area contributed by atoms with Gasteiger partial charge in [0.15, 0.2) is 0 Å². The van der Waals surface area contributed by atoms with E-state index in [0.717, 1.165) is 0 Å². The number of aliphatic hydroxyl groups excluding tert-OH is 1. The molecule has 106 valence electrons. The standard InChI is InChI=1S/C15H22FNO2/c1-13(2)9-15(10-18,14(3,4)19-13)17-12-7-5-6-11(16)8-12/h5-8,17-18H,9-10H2,1-4H3. The minimum absolute atomic E-state index is 0.0695. The average molecular weight is 267 g/mol. The number of hydrogen-bond acceptors (Lipinski definition) is 3. The summed E-state index contributed by atoms with van der Waals surface area (Å²) in [4.78, 5) is 0. The van der Waals surface area contributed by atoms with Gasteiger partial charge < -0.3 is 15.2 Å². The molecule has 0 bridgehead atoms. The normalized spacial score (nSPS) is 28.3. The highest BCUT2D eigenvalue weighted by atomic mass is 19.1. The Hall–Kier alpha value is -1.13. The fraction of sp³-hybridized carbons (Fsp3) is 0.600. The van der Waals surface area contributed by atoms with Gasteiger partial charge in [-0.2, -0.15) is 0 Å². The molecule has 1 aromatic rings. The van der Waals surface area contributed by atoms with Gasteiger partial charge in [0, 0.05) is 12.1 Å². The zero-order chi connectivity index (χ0) is 14.3. The second-order valence-corrected chi connectivity index (χ2v) is 6.42. The maximum atomic E-state index is 13.3. The van der Waals surface area contributed by atoms with Crippen LogP contribution in [-0.4, -0.2) is 28.5 Å². The molecular weight excluding hydrogens is 245 g/mol. The van der Waals surface area contributed by atoms with Gasteiger partial charge in [-0.15, -0.1) is 0 Å². The average Bonchev–Trinajstić information content (AvgIpc) is 2.43. The highest BCUT2D eigenvalue weighted by Gasteiger charge is 2.57. The minimum atomic E-state index is -0.621. The van der Waals surface area contributed by atoms with E-state index >= 15 is 0 Å². The zero-order valence-electron chi connectivity index (χ0n) is 12.0. The van der Waals surface area contributed by atoms with Gasteiger partial charge in [-0.25, -0.2) is 4.39 Å². The lowest BCUT2D eigenvalue weighted by Gasteiger charge is -2.39. The molecule has 1 unspecified atom stereocenters. The molecule has 0 saturated carbocycles. The minimum Gasteiger partial charge on any atom is -0.394 e. The summed E-state index contributed by atoms with van der Waals surface area (Å²) in [6.07, 6.45) is 0.653. The van der Waals surface area contributed by atoms with Gasteiger partial charge in [-0.05, 0) is 45.9 Å². The second-order valence-electron chi connectivity index (χ2n) is 6.42. The summed E-state index contributed by atoms with van der Waals surface area (Å²) in [5.41, 5.74) is -0.836. The summed E-state index contributed by atoms with van der Waals surface area (Å²) in [6, 6.07) is 6.27. The molecule has 3 nitrogen and oxygen atoms in total. The van der Waals surface area contributed by atoms with Gasteiger partial charge in [0.05, 0.1) is 23.3 Å². The molecule has 1 heterocycles. The van der Waals surface area contributed by atoms with Gasteiger partial charge >= 0.3 is 0 Å². The van der Waals surface area contributed by atoms with E-state index in [1.54, 1.807) is 12.1 Å². The number of hydrogen-bond donors (Lipinski definition) is 2. The molecule has 2 N–H and O–H groups in total. The van der Waals surface area contributed by atoms with Gasteiger partial charge in [-0.3, -0.25) is 0 Å². The molecule has 0 aromatic heterocycles. The third kappa shape index (κ3) is 2.60. The molecule has 4 heteroatoms. The third-order valence-corrected chi connectivity index (χ3v) is 3.89. The lowest BCUT2D eigenvalue weighted by molar-refractivity contribution is -0.0808. The molecule has 1 saturated heterocycles. The largest absolute Gasteiger partial charge is 0.394 e. The van der Waals surface area contributed by atoms with Crippen molar-refractivity contribution in [1.29, 1.82) is 0 Å². The molecule has 0 radical (unpaired) electrons. The molecule has 19 heavy (non-hydrogen) atoms. The highest BCUT2D eigenvalue weighted by molar-refractivity contribution is 5.47. The van der Waals surface area contributed by atoms with Crippen molar-refractivity contribution in [3.05, 3.63) is 30.1 Å². The Morgan fingerprint density at radius 3 is 2.47 bits per heavy atom. The van der Waals surface area contributed by atoms with Crippen LogP contribution < -0.4 is 5.32 Å². The van der Waals surface area contributed by atoms with E-state index in [0.29, 0.717) is 12.1 Å². The quantitative estimate of drug-likeness (QED) is 0.884. The smallest absolute Gasteiger partial charge is 0.125 e. The summed E-state index contributed by atoms with van der Waals surface area (Å²) in [5, 5.41) is 13.2. The molecule has 1 atom stereocenters. The Labute approximate surface area is 113 Å². The van der Waals surface area contributed by atoms with Gasteiger partial charge in [0.25, 0.3) is 0 Å². The Kier molecular flexibility index (Phi) is 3.35. The lowest BCUT2D eigenvalue weighted by Crippen LogP contribution is -2.55. The van der Waals surface area contributed by atoms with Crippen LogP contribution in [0.15, 0.2) is 24.3 Å². The Balaban J connectivity index is 2.33. The van der Waals surface area contributed by atoms with Crippen molar-refractivity contribution in [3.63, 3.8) is 0 Å². The predicted octanol–water partition coefficient (Wildman–Crippen LogP) is 2.95. The number of benzene rings is 1. The van der Waals surface area contributed by atoms with Crippen LogP contribution in [-0.2, 0) is 4.74 Å². The van der Waals surface area contributed by atoms with E-state index < -0.39 is 11.1 Å². The molecule has 0 aliphatic carbocycles. The predicted molar refractivity (Wildman–Crippen MR) is 73.7 cm³/mol. The third-order valence-electron chi connectivity index (χ3n) is 3.89. The SMILES string of the molecule is CC1(C)CC(CO)(Nc2cccc(F)c2)C(C)(C)O1. The second kappa shape index (κ2) is 4.46.